The smallest absolute Gasteiger partial charge is 0.335 e. The molecular weight excluding hydrogens is 302 g/mol. The minimum Gasteiger partial charge on any atom is -0.478 e. The summed E-state index contributed by atoms with van der Waals surface area (Å²) in [4.78, 5) is 20.2. The van der Waals surface area contributed by atoms with Gasteiger partial charge < -0.3 is 10.4 Å². The van der Waals surface area contributed by atoms with Crippen LogP contribution in [0.3, 0.4) is 0 Å². The van der Waals surface area contributed by atoms with Crippen molar-refractivity contribution in [2.24, 2.45) is 0 Å². The summed E-state index contributed by atoms with van der Waals surface area (Å²) in [6.45, 7) is 2.03. The fraction of sp³-hybridized carbons (Fsp3) is 0.105. The van der Waals surface area contributed by atoms with Crippen LogP contribution in [0.4, 0.5) is 11.5 Å². The lowest BCUT2D eigenvalue weighted by atomic mass is 10.2. The maximum absolute atomic E-state index is 11.1. The summed E-state index contributed by atoms with van der Waals surface area (Å²) < 4.78 is 0. The highest BCUT2D eigenvalue weighted by Gasteiger charge is 2.08. The quantitative estimate of drug-likeness (QED) is 0.739. The van der Waals surface area contributed by atoms with Gasteiger partial charge in [0.15, 0.2) is 5.82 Å². The van der Waals surface area contributed by atoms with Gasteiger partial charge in [-0.3, -0.25) is 0 Å². The van der Waals surface area contributed by atoms with Crippen molar-refractivity contribution in [1.29, 1.82) is 0 Å². The van der Waals surface area contributed by atoms with Gasteiger partial charge in [0.1, 0.15) is 5.82 Å². The molecule has 1 aromatic heterocycles. The molecule has 0 atom stereocenters. The molecule has 0 aliphatic rings. The number of carbonyl (C=O) groups is 1. The number of nitrogens with zero attached hydrogens (tertiary/aromatic N) is 2. The normalized spacial score (nSPS) is 10.4. The summed E-state index contributed by atoms with van der Waals surface area (Å²) in [6, 6.07) is 18.3. The first-order valence-corrected chi connectivity index (χ1v) is 7.69. The Bertz CT molecular complexity index is 863. The monoisotopic (exact) mass is 319 g/mol. The molecule has 0 aliphatic carbocycles. The van der Waals surface area contributed by atoms with E-state index in [2.05, 4.69) is 15.3 Å². The highest BCUT2D eigenvalue weighted by molar-refractivity contribution is 5.89. The number of aromatic carboxylic acids is 1. The fourth-order valence-corrected chi connectivity index (χ4v) is 2.34. The van der Waals surface area contributed by atoms with E-state index in [0.29, 0.717) is 17.3 Å². The standard InChI is InChI=1S/C19H17N3O2/c1-2-15-12-17(20-16-10-6-9-14(11-16)19(23)24)22-18(21-15)13-7-4-3-5-8-13/h3-12H,2H2,1H3,(H,23,24)(H,20,21,22). The number of aromatic nitrogens is 2. The van der Waals surface area contributed by atoms with Crippen LogP contribution in [-0.2, 0) is 6.42 Å². The van der Waals surface area contributed by atoms with Crippen molar-refractivity contribution in [3.63, 3.8) is 0 Å². The lowest BCUT2D eigenvalue weighted by Gasteiger charge is -2.10. The molecule has 2 aromatic carbocycles. The van der Waals surface area contributed by atoms with E-state index in [1.54, 1.807) is 18.2 Å². The van der Waals surface area contributed by atoms with Crippen molar-refractivity contribution < 1.29 is 9.90 Å². The minimum atomic E-state index is -0.958. The summed E-state index contributed by atoms with van der Waals surface area (Å²) in [7, 11) is 0. The van der Waals surface area contributed by atoms with E-state index in [4.69, 9.17) is 5.11 Å². The van der Waals surface area contributed by atoms with Crippen LogP contribution in [0, 0.1) is 0 Å². The van der Waals surface area contributed by atoms with Gasteiger partial charge in [0.25, 0.3) is 0 Å². The lowest BCUT2D eigenvalue weighted by Crippen LogP contribution is -2.02. The van der Waals surface area contributed by atoms with Gasteiger partial charge in [-0.1, -0.05) is 43.3 Å². The largest absolute Gasteiger partial charge is 0.478 e. The fourth-order valence-electron chi connectivity index (χ4n) is 2.34. The second-order valence-corrected chi connectivity index (χ2v) is 5.30. The predicted molar refractivity (Wildman–Crippen MR) is 93.5 cm³/mol. The summed E-state index contributed by atoms with van der Waals surface area (Å²) in [5.74, 6) is 0.329. The van der Waals surface area contributed by atoms with Crippen LogP contribution < -0.4 is 5.32 Å². The Morgan fingerprint density at radius 1 is 1.04 bits per heavy atom. The van der Waals surface area contributed by atoms with Crippen molar-refractivity contribution in [2.45, 2.75) is 13.3 Å². The van der Waals surface area contributed by atoms with E-state index in [1.165, 1.54) is 0 Å². The van der Waals surface area contributed by atoms with E-state index < -0.39 is 5.97 Å². The summed E-state index contributed by atoms with van der Waals surface area (Å²) in [6.07, 6.45) is 0.784. The van der Waals surface area contributed by atoms with Gasteiger partial charge in [-0.2, -0.15) is 0 Å². The van der Waals surface area contributed by atoms with E-state index in [-0.39, 0.29) is 5.56 Å². The van der Waals surface area contributed by atoms with Crippen LogP contribution in [-0.4, -0.2) is 21.0 Å². The van der Waals surface area contributed by atoms with Crippen LogP contribution >= 0.6 is 0 Å². The first-order valence-electron chi connectivity index (χ1n) is 7.69. The van der Waals surface area contributed by atoms with Gasteiger partial charge >= 0.3 is 5.97 Å². The molecule has 1 heterocycles. The number of rotatable bonds is 5. The van der Waals surface area contributed by atoms with Crippen LogP contribution in [0.15, 0.2) is 60.7 Å². The molecule has 3 aromatic rings. The van der Waals surface area contributed by atoms with Gasteiger partial charge in [-0.15, -0.1) is 0 Å². The molecule has 0 fully saturated rings. The molecule has 0 saturated carbocycles. The van der Waals surface area contributed by atoms with Gasteiger partial charge in [0, 0.05) is 23.0 Å². The number of nitrogens with one attached hydrogen (secondary N) is 1. The Morgan fingerprint density at radius 2 is 1.83 bits per heavy atom. The van der Waals surface area contributed by atoms with Crippen LogP contribution in [0.1, 0.15) is 23.0 Å². The minimum absolute atomic E-state index is 0.230. The average molecular weight is 319 g/mol. The number of aryl methyl sites for hydroxylation is 1. The average Bonchev–Trinajstić information content (AvgIpc) is 2.62. The van der Waals surface area contributed by atoms with Gasteiger partial charge in [-0.05, 0) is 24.6 Å². The zero-order valence-electron chi connectivity index (χ0n) is 13.2. The van der Waals surface area contributed by atoms with Crippen molar-refractivity contribution in [3.8, 4) is 11.4 Å². The number of anilines is 2. The second kappa shape index (κ2) is 6.91. The third-order valence-electron chi connectivity index (χ3n) is 3.56. The SMILES string of the molecule is CCc1cc(Nc2cccc(C(=O)O)c2)nc(-c2ccccc2)n1. The Morgan fingerprint density at radius 3 is 2.54 bits per heavy atom. The molecule has 0 radical (unpaired) electrons. The lowest BCUT2D eigenvalue weighted by molar-refractivity contribution is 0.0697. The maximum Gasteiger partial charge on any atom is 0.335 e. The number of benzene rings is 2. The van der Waals surface area contributed by atoms with Crippen molar-refractivity contribution >= 4 is 17.5 Å². The molecule has 24 heavy (non-hydrogen) atoms. The molecule has 0 bridgehead atoms. The number of carboxylic acid groups (broad SMARTS) is 1. The Hall–Kier alpha value is -3.21. The van der Waals surface area contributed by atoms with Crippen LogP contribution in [0.2, 0.25) is 0 Å². The number of hydrogen-bond acceptors (Lipinski definition) is 4. The molecule has 5 heteroatoms. The van der Waals surface area contributed by atoms with E-state index in [0.717, 1.165) is 17.7 Å². The van der Waals surface area contributed by atoms with Crippen LogP contribution in [0.25, 0.3) is 11.4 Å². The van der Waals surface area contributed by atoms with Crippen molar-refractivity contribution in [3.05, 3.63) is 71.9 Å². The Labute approximate surface area is 140 Å². The number of hydrogen-bond donors (Lipinski definition) is 2. The molecular formula is C19H17N3O2. The zero-order chi connectivity index (χ0) is 16.9. The summed E-state index contributed by atoms with van der Waals surface area (Å²) in [5, 5.41) is 12.3. The molecule has 0 spiro atoms. The topological polar surface area (TPSA) is 75.1 Å². The highest BCUT2D eigenvalue weighted by Crippen LogP contribution is 2.21. The molecule has 3 rings (SSSR count). The summed E-state index contributed by atoms with van der Waals surface area (Å²) in [5.41, 5.74) is 2.76. The first-order chi connectivity index (χ1) is 11.7. The van der Waals surface area contributed by atoms with Crippen molar-refractivity contribution in [2.75, 3.05) is 5.32 Å². The third kappa shape index (κ3) is 3.57. The highest BCUT2D eigenvalue weighted by atomic mass is 16.4. The Kier molecular flexibility index (Phi) is 4.52. The molecule has 120 valence electrons. The predicted octanol–water partition coefficient (Wildman–Crippen LogP) is 4.15. The number of carboxylic acids is 1. The third-order valence-corrected chi connectivity index (χ3v) is 3.56. The van der Waals surface area contributed by atoms with Crippen molar-refractivity contribution in [1.82, 2.24) is 9.97 Å². The van der Waals surface area contributed by atoms with Gasteiger partial charge in [0.05, 0.1) is 5.56 Å². The molecule has 0 saturated heterocycles. The zero-order valence-corrected chi connectivity index (χ0v) is 13.2. The maximum atomic E-state index is 11.1. The molecule has 5 nitrogen and oxygen atoms in total. The molecule has 0 aliphatic heterocycles. The second-order valence-electron chi connectivity index (χ2n) is 5.30. The first kappa shape index (κ1) is 15.7. The Balaban J connectivity index is 1.96. The summed E-state index contributed by atoms with van der Waals surface area (Å²) >= 11 is 0. The van der Waals surface area contributed by atoms with E-state index >= 15 is 0 Å². The van der Waals surface area contributed by atoms with E-state index in [1.807, 2.05) is 49.4 Å². The van der Waals surface area contributed by atoms with Gasteiger partial charge in [-0.25, -0.2) is 14.8 Å². The molecule has 2 N–H and O–H groups in total. The van der Waals surface area contributed by atoms with E-state index in [9.17, 15) is 4.79 Å². The van der Waals surface area contributed by atoms with Crippen LogP contribution in [0.5, 0.6) is 0 Å². The molecule has 0 unspecified atom stereocenters. The van der Waals surface area contributed by atoms with Gasteiger partial charge in [0.2, 0.25) is 0 Å². The molecule has 0 amide bonds.